The van der Waals surface area contributed by atoms with E-state index in [1.54, 1.807) is 24.4 Å². The van der Waals surface area contributed by atoms with E-state index in [1.165, 1.54) is 12.1 Å². The average Bonchev–Trinajstić information content (AvgIpc) is 2.53. The molecule has 2 aromatic rings. The van der Waals surface area contributed by atoms with Crippen molar-refractivity contribution in [2.24, 2.45) is 5.73 Å². The van der Waals surface area contributed by atoms with Gasteiger partial charge in [0.1, 0.15) is 17.7 Å². The topological polar surface area (TPSA) is 57.4 Å². The van der Waals surface area contributed by atoms with Crippen LogP contribution in [0.15, 0.2) is 36.5 Å². The van der Waals surface area contributed by atoms with E-state index < -0.39 is 6.10 Å². The van der Waals surface area contributed by atoms with E-state index in [1.807, 2.05) is 0 Å². The zero-order valence-electron chi connectivity index (χ0n) is 9.47. The van der Waals surface area contributed by atoms with Crippen molar-refractivity contribution in [2.45, 2.75) is 6.10 Å². The quantitative estimate of drug-likeness (QED) is 0.839. The second-order valence-electron chi connectivity index (χ2n) is 3.93. The van der Waals surface area contributed by atoms with Crippen LogP contribution in [0.5, 0.6) is 17.4 Å². The summed E-state index contributed by atoms with van der Waals surface area (Å²) in [6.07, 6.45) is 1.21. The predicted molar refractivity (Wildman–Crippen MR) is 63.1 cm³/mol. The lowest BCUT2D eigenvalue weighted by Crippen LogP contribution is -2.18. The third-order valence-electron chi connectivity index (χ3n) is 2.75. The van der Waals surface area contributed by atoms with Gasteiger partial charge in [0.2, 0.25) is 0 Å². The molecule has 92 valence electrons. The average molecular weight is 246 g/mol. The lowest BCUT2D eigenvalue weighted by atomic mass is 10.1. The minimum absolute atomic E-state index is 0.262. The number of nitrogens with zero attached hydrogens (tertiary/aromatic N) is 1. The smallest absolute Gasteiger partial charge is 0.258 e. The standard InChI is InChI=1S/C13H11FN2O2/c14-8-3-4-9-11(6-8)17-10-2-1-5-16-13(10)18-12(9)7-15/h1-6,12H,7,15H2. The van der Waals surface area contributed by atoms with Gasteiger partial charge in [-0.1, -0.05) is 0 Å². The van der Waals surface area contributed by atoms with Gasteiger partial charge < -0.3 is 15.2 Å². The number of nitrogens with two attached hydrogens (primary N) is 1. The first-order valence-corrected chi connectivity index (χ1v) is 5.57. The maximum absolute atomic E-state index is 13.3. The van der Waals surface area contributed by atoms with Gasteiger partial charge in [-0.05, 0) is 24.3 Å². The van der Waals surface area contributed by atoms with Crippen LogP contribution in [0.2, 0.25) is 0 Å². The van der Waals surface area contributed by atoms with Gasteiger partial charge in [-0.3, -0.25) is 0 Å². The van der Waals surface area contributed by atoms with Gasteiger partial charge in [0.15, 0.2) is 5.75 Å². The van der Waals surface area contributed by atoms with Crippen molar-refractivity contribution in [2.75, 3.05) is 6.54 Å². The van der Waals surface area contributed by atoms with Crippen LogP contribution in [-0.2, 0) is 0 Å². The van der Waals surface area contributed by atoms with Crippen LogP contribution in [0.1, 0.15) is 11.7 Å². The summed E-state index contributed by atoms with van der Waals surface area (Å²) in [5, 5.41) is 0. The Balaban J connectivity index is 2.14. The molecule has 5 heteroatoms. The Labute approximate surface area is 103 Å². The zero-order chi connectivity index (χ0) is 12.5. The number of fused-ring (bicyclic) bond motifs is 2. The molecule has 2 N–H and O–H groups in total. The molecule has 0 fully saturated rings. The largest absolute Gasteiger partial charge is 0.465 e. The highest BCUT2D eigenvalue weighted by Gasteiger charge is 2.24. The molecular formula is C13H11FN2O2. The molecule has 0 radical (unpaired) electrons. The van der Waals surface area contributed by atoms with Gasteiger partial charge in [0.25, 0.3) is 5.88 Å². The first-order chi connectivity index (χ1) is 8.78. The van der Waals surface area contributed by atoms with E-state index in [-0.39, 0.29) is 12.4 Å². The lowest BCUT2D eigenvalue weighted by Gasteiger charge is -2.14. The van der Waals surface area contributed by atoms with Crippen molar-refractivity contribution in [3.05, 3.63) is 47.9 Å². The summed E-state index contributed by atoms with van der Waals surface area (Å²) in [5.74, 6) is 0.874. The Hall–Kier alpha value is -2.14. The fourth-order valence-corrected chi connectivity index (χ4v) is 1.90. The molecule has 1 aromatic heterocycles. The fraction of sp³-hybridized carbons (Fsp3) is 0.154. The molecule has 0 spiro atoms. The number of ether oxygens (including phenoxy) is 2. The highest BCUT2D eigenvalue weighted by molar-refractivity contribution is 5.45. The second kappa shape index (κ2) is 4.27. The van der Waals surface area contributed by atoms with Gasteiger partial charge >= 0.3 is 0 Å². The summed E-state index contributed by atoms with van der Waals surface area (Å²) >= 11 is 0. The molecule has 18 heavy (non-hydrogen) atoms. The summed E-state index contributed by atoms with van der Waals surface area (Å²) in [4.78, 5) is 4.09. The van der Waals surface area contributed by atoms with Crippen molar-refractivity contribution in [1.29, 1.82) is 0 Å². The summed E-state index contributed by atoms with van der Waals surface area (Å²) in [5.41, 5.74) is 6.40. The number of hydrogen-bond acceptors (Lipinski definition) is 4. The van der Waals surface area contributed by atoms with E-state index in [0.717, 1.165) is 5.56 Å². The summed E-state index contributed by atoms with van der Waals surface area (Å²) < 4.78 is 24.6. The normalized spacial score (nSPS) is 16.9. The minimum atomic E-state index is -0.392. The summed E-state index contributed by atoms with van der Waals surface area (Å²) in [6.45, 7) is 0.262. The van der Waals surface area contributed by atoms with Gasteiger partial charge in [-0.25, -0.2) is 9.37 Å². The third-order valence-corrected chi connectivity index (χ3v) is 2.75. The zero-order valence-corrected chi connectivity index (χ0v) is 9.47. The van der Waals surface area contributed by atoms with Crippen LogP contribution in [-0.4, -0.2) is 11.5 Å². The Morgan fingerprint density at radius 1 is 1.28 bits per heavy atom. The van der Waals surface area contributed by atoms with E-state index >= 15 is 0 Å². The molecule has 0 amide bonds. The van der Waals surface area contributed by atoms with Crippen molar-refractivity contribution in [1.82, 2.24) is 4.98 Å². The van der Waals surface area contributed by atoms with Crippen molar-refractivity contribution >= 4 is 0 Å². The number of benzene rings is 1. The SMILES string of the molecule is NCC1Oc2ncccc2Oc2cc(F)ccc21. The second-order valence-corrected chi connectivity index (χ2v) is 3.93. The van der Waals surface area contributed by atoms with Crippen molar-refractivity contribution in [3.8, 4) is 17.4 Å². The van der Waals surface area contributed by atoms with Gasteiger partial charge in [0.05, 0.1) is 0 Å². The Morgan fingerprint density at radius 2 is 2.17 bits per heavy atom. The van der Waals surface area contributed by atoms with Crippen LogP contribution in [0.25, 0.3) is 0 Å². The van der Waals surface area contributed by atoms with Gasteiger partial charge in [0, 0.05) is 24.4 Å². The fourth-order valence-electron chi connectivity index (χ4n) is 1.90. The molecule has 1 aliphatic heterocycles. The van der Waals surface area contributed by atoms with E-state index in [0.29, 0.717) is 17.4 Å². The lowest BCUT2D eigenvalue weighted by molar-refractivity contribution is 0.207. The molecule has 0 saturated heterocycles. The van der Waals surface area contributed by atoms with Crippen LogP contribution in [0, 0.1) is 5.82 Å². The molecule has 0 bridgehead atoms. The molecule has 1 unspecified atom stereocenters. The van der Waals surface area contributed by atoms with Gasteiger partial charge in [-0.2, -0.15) is 0 Å². The highest BCUT2D eigenvalue weighted by atomic mass is 19.1. The van der Waals surface area contributed by atoms with Crippen LogP contribution >= 0.6 is 0 Å². The van der Waals surface area contributed by atoms with E-state index in [4.69, 9.17) is 15.2 Å². The summed E-state index contributed by atoms with van der Waals surface area (Å²) in [7, 11) is 0. The van der Waals surface area contributed by atoms with Crippen molar-refractivity contribution < 1.29 is 13.9 Å². The van der Waals surface area contributed by atoms with E-state index in [2.05, 4.69) is 4.98 Å². The number of aromatic nitrogens is 1. The number of halogens is 1. The first kappa shape index (κ1) is 11.0. The molecule has 2 heterocycles. The minimum Gasteiger partial charge on any atom is -0.465 e. The number of rotatable bonds is 1. The van der Waals surface area contributed by atoms with Gasteiger partial charge in [-0.15, -0.1) is 0 Å². The first-order valence-electron chi connectivity index (χ1n) is 5.57. The Bertz CT molecular complexity index is 589. The molecule has 0 aliphatic carbocycles. The monoisotopic (exact) mass is 246 g/mol. The van der Waals surface area contributed by atoms with Crippen LogP contribution in [0.4, 0.5) is 4.39 Å². The van der Waals surface area contributed by atoms with E-state index in [9.17, 15) is 4.39 Å². The Kier molecular flexibility index (Phi) is 2.60. The maximum atomic E-state index is 13.3. The molecule has 1 aliphatic rings. The highest BCUT2D eigenvalue weighted by Crippen LogP contribution is 2.40. The number of hydrogen-bond donors (Lipinski definition) is 1. The molecule has 3 rings (SSSR count). The molecule has 0 saturated carbocycles. The third kappa shape index (κ3) is 1.78. The number of pyridine rings is 1. The molecule has 4 nitrogen and oxygen atoms in total. The molecule has 1 aromatic carbocycles. The van der Waals surface area contributed by atoms with Crippen LogP contribution in [0.3, 0.4) is 0 Å². The maximum Gasteiger partial charge on any atom is 0.258 e. The predicted octanol–water partition coefficient (Wildman–Crippen LogP) is 2.41. The van der Waals surface area contributed by atoms with Crippen molar-refractivity contribution in [3.63, 3.8) is 0 Å². The molecular weight excluding hydrogens is 235 g/mol. The van der Waals surface area contributed by atoms with Crippen LogP contribution < -0.4 is 15.2 Å². The molecule has 1 atom stereocenters. The Morgan fingerprint density at radius 3 is 3.00 bits per heavy atom. The summed E-state index contributed by atoms with van der Waals surface area (Å²) in [6, 6.07) is 7.75.